The average molecular weight is 308 g/mol. The normalized spacial score (nSPS) is 18.2. The van der Waals surface area contributed by atoms with E-state index in [-0.39, 0.29) is 11.7 Å². The van der Waals surface area contributed by atoms with Crippen molar-refractivity contribution in [2.24, 2.45) is 0 Å². The molecular formula is C17H25FN2O2. The highest BCUT2D eigenvalue weighted by atomic mass is 19.1. The molecule has 1 aromatic rings. The number of amides is 1. The Morgan fingerprint density at radius 1 is 1.32 bits per heavy atom. The Kier molecular flexibility index (Phi) is 6.80. The zero-order chi connectivity index (χ0) is 15.8. The molecule has 0 unspecified atom stereocenters. The number of likely N-dealkylation sites (tertiary alicyclic amines) is 1. The second-order valence-electron chi connectivity index (χ2n) is 5.69. The van der Waals surface area contributed by atoms with Gasteiger partial charge in [0.15, 0.2) is 0 Å². The summed E-state index contributed by atoms with van der Waals surface area (Å²) in [6.45, 7) is 3.16. The third kappa shape index (κ3) is 5.07. The third-order valence-electron chi connectivity index (χ3n) is 4.14. The summed E-state index contributed by atoms with van der Waals surface area (Å²) in [6, 6.07) is 6.84. The molecule has 1 atom stereocenters. The molecule has 2 rings (SSSR count). The maximum Gasteiger partial charge on any atom is 0.222 e. The molecular weight excluding hydrogens is 283 g/mol. The molecule has 1 aliphatic heterocycles. The molecule has 0 bridgehead atoms. The van der Waals surface area contributed by atoms with Crippen molar-refractivity contribution in [2.45, 2.75) is 31.7 Å². The van der Waals surface area contributed by atoms with Crippen LogP contribution in [0.3, 0.4) is 0 Å². The van der Waals surface area contributed by atoms with E-state index in [0.717, 1.165) is 37.9 Å². The highest BCUT2D eigenvalue weighted by Crippen LogP contribution is 2.21. The first-order valence-corrected chi connectivity index (χ1v) is 7.94. The topological polar surface area (TPSA) is 41.6 Å². The van der Waals surface area contributed by atoms with E-state index in [9.17, 15) is 9.18 Å². The molecule has 1 amide bonds. The molecule has 5 heteroatoms. The Morgan fingerprint density at radius 3 is 2.82 bits per heavy atom. The highest BCUT2D eigenvalue weighted by molar-refractivity contribution is 5.78. The van der Waals surface area contributed by atoms with E-state index in [0.29, 0.717) is 25.6 Å². The summed E-state index contributed by atoms with van der Waals surface area (Å²) >= 11 is 0. The molecule has 1 fully saturated rings. The van der Waals surface area contributed by atoms with Crippen molar-refractivity contribution >= 4 is 5.91 Å². The number of rotatable bonds is 9. The van der Waals surface area contributed by atoms with Gasteiger partial charge in [-0.25, -0.2) is 4.39 Å². The van der Waals surface area contributed by atoms with Crippen LogP contribution in [-0.4, -0.2) is 50.2 Å². The van der Waals surface area contributed by atoms with Crippen molar-refractivity contribution in [1.82, 2.24) is 10.2 Å². The smallest absolute Gasteiger partial charge is 0.222 e. The number of ether oxygens (including phenoxy) is 1. The third-order valence-corrected chi connectivity index (χ3v) is 4.14. The van der Waals surface area contributed by atoms with E-state index in [1.807, 2.05) is 4.90 Å². The van der Waals surface area contributed by atoms with Crippen molar-refractivity contribution in [2.75, 3.05) is 33.4 Å². The Morgan fingerprint density at radius 2 is 2.09 bits per heavy atom. The van der Waals surface area contributed by atoms with E-state index in [1.54, 1.807) is 19.2 Å². The van der Waals surface area contributed by atoms with Crippen LogP contribution < -0.4 is 5.32 Å². The Balaban J connectivity index is 1.76. The van der Waals surface area contributed by atoms with Crippen LogP contribution in [0.5, 0.6) is 0 Å². The summed E-state index contributed by atoms with van der Waals surface area (Å²) < 4.78 is 17.9. The first-order valence-electron chi connectivity index (χ1n) is 7.94. The molecule has 0 spiro atoms. The number of nitrogens with one attached hydrogen (secondary N) is 1. The predicted octanol–water partition coefficient (Wildman–Crippen LogP) is 1.99. The van der Waals surface area contributed by atoms with Gasteiger partial charge in [-0.1, -0.05) is 12.1 Å². The quantitative estimate of drug-likeness (QED) is 0.709. The van der Waals surface area contributed by atoms with Gasteiger partial charge in [-0.05, 0) is 43.5 Å². The van der Waals surface area contributed by atoms with E-state index in [2.05, 4.69) is 5.32 Å². The van der Waals surface area contributed by atoms with Gasteiger partial charge in [0, 0.05) is 32.7 Å². The van der Waals surface area contributed by atoms with E-state index >= 15 is 0 Å². The number of methoxy groups -OCH3 is 1. The summed E-state index contributed by atoms with van der Waals surface area (Å²) in [7, 11) is 1.69. The molecule has 0 saturated carbocycles. The number of carbonyl (C=O) groups excluding carboxylic acids is 1. The van der Waals surface area contributed by atoms with Gasteiger partial charge in [-0.15, -0.1) is 0 Å². The van der Waals surface area contributed by atoms with Gasteiger partial charge in [0.2, 0.25) is 5.91 Å². The minimum Gasteiger partial charge on any atom is -0.383 e. The lowest BCUT2D eigenvalue weighted by molar-refractivity contribution is -0.129. The van der Waals surface area contributed by atoms with E-state index in [4.69, 9.17) is 4.74 Å². The lowest BCUT2D eigenvalue weighted by Crippen LogP contribution is -2.37. The first-order chi connectivity index (χ1) is 10.7. The summed E-state index contributed by atoms with van der Waals surface area (Å²) in [6.07, 6.45) is 3.33. The van der Waals surface area contributed by atoms with Crippen LogP contribution in [0.1, 0.15) is 24.8 Å². The molecule has 1 aromatic carbocycles. The van der Waals surface area contributed by atoms with E-state index in [1.165, 1.54) is 12.1 Å². The largest absolute Gasteiger partial charge is 0.383 e. The van der Waals surface area contributed by atoms with E-state index < -0.39 is 0 Å². The van der Waals surface area contributed by atoms with Crippen molar-refractivity contribution < 1.29 is 13.9 Å². The van der Waals surface area contributed by atoms with Crippen LogP contribution in [0, 0.1) is 5.82 Å². The summed E-state index contributed by atoms with van der Waals surface area (Å²) in [5, 5.41) is 3.32. The van der Waals surface area contributed by atoms with Gasteiger partial charge in [0.1, 0.15) is 5.82 Å². The number of benzene rings is 1. The molecule has 1 aliphatic rings. The fourth-order valence-electron chi connectivity index (χ4n) is 2.87. The lowest BCUT2D eigenvalue weighted by atomic mass is 10.1. The number of halogens is 1. The molecule has 22 heavy (non-hydrogen) atoms. The predicted molar refractivity (Wildman–Crippen MR) is 84.2 cm³/mol. The van der Waals surface area contributed by atoms with Crippen LogP contribution in [-0.2, 0) is 16.0 Å². The van der Waals surface area contributed by atoms with Crippen molar-refractivity contribution in [3.8, 4) is 0 Å². The fraction of sp³-hybridized carbons (Fsp3) is 0.588. The fourth-order valence-corrected chi connectivity index (χ4v) is 2.87. The highest BCUT2D eigenvalue weighted by Gasteiger charge is 2.29. The van der Waals surface area contributed by atoms with Crippen molar-refractivity contribution in [3.05, 3.63) is 35.6 Å². The second kappa shape index (κ2) is 8.86. The van der Waals surface area contributed by atoms with Gasteiger partial charge < -0.3 is 15.0 Å². The maximum absolute atomic E-state index is 12.9. The minimum atomic E-state index is -0.221. The first kappa shape index (κ1) is 16.9. The summed E-state index contributed by atoms with van der Waals surface area (Å²) in [4.78, 5) is 14.0. The average Bonchev–Trinajstić information content (AvgIpc) is 2.87. The van der Waals surface area contributed by atoms with Crippen LogP contribution in [0.25, 0.3) is 0 Å². The van der Waals surface area contributed by atoms with Crippen molar-refractivity contribution in [1.29, 1.82) is 0 Å². The van der Waals surface area contributed by atoms with Gasteiger partial charge in [0.25, 0.3) is 0 Å². The molecule has 1 saturated heterocycles. The number of carbonyl (C=O) groups is 1. The molecule has 0 radical (unpaired) electrons. The van der Waals surface area contributed by atoms with Crippen LogP contribution in [0.15, 0.2) is 24.3 Å². The molecule has 122 valence electrons. The summed E-state index contributed by atoms with van der Waals surface area (Å²) in [5.74, 6) is 0.0185. The second-order valence-corrected chi connectivity index (χ2v) is 5.69. The maximum atomic E-state index is 12.9. The zero-order valence-electron chi connectivity index (χ0n) is 13.2. The Labute approximate surface area is 131 Å². The Bertz CT molecular complexity index is 464. The molecule has 0 aliphatic carbocycles. The number of hydrogen-bond donors (Lipinski definition) is 1. The SMILES string of the molecule is COCCNCC[C@H]1CCC(=O)N1CCc1ccc(F)cc1. The molecule has 4 nitrogen and oxygen atoms in total. The Hall–Kier alpha value is -1.46. The number of nitrogens with zero attached hydrogens (tertiary/aromatic N) is 1. The van der Waals surface area contributed by atoms with Gasteiger partial charge in [-0.3, -0.25) is 4.79 Å². The van der Waals surface area contributed by atoms with Crippen LogP contribution >= 0.6 is 0 Å². The van der Waals surface area contributed by atoms with Gasteiger partial charge in [-0.2, -0.15) is 0 Å². The molecule has 1 heterocycles. The van der Waals surface area contributed by atoms with Crippen molar-refractivity contribution in [3.63, 3.8) is 0 Å². The lowest BCUT2D eigenvalue weighted by Gasteiger charge is -2.25. The zero-order valence-corrected chi connectivity index (χ0v) is 13.2. The molecule has 0 aromatic heterocycles. The molecule has 1 N–H and O–H groups in total. The van der Waals surface area contributed by atoms with Gasteiger partial charge in [0.05, 0.1) is 6.61 Å². The van der Waals surface area contributed by atoms with Gasteiger partial charge >= 0.3 is 0 Å². The minimum absolute atomic E-state index is 0.221. The number of hydrogen-bond acceptors (Lipinski definition) is 3. The van der Waals surface area contributed by atoms with Crippen LogP contribution in [0.2, 0.25) is 0 Å². The summed E-state index contributed by atoms with van der Waals surface area (Å²) in [5.41, 5.74) is 1.07. The van der Waals surface area contributed by atoms with Crippen LogP contribution in [0.4, 0.5) is 4.39 Å². The standard InChI is InChI=1S/C17H25FN2O2/c1-22-13-11-19-10-8-16-6-7-17(21)20(16)12-9-14-2-4-15(18)5-3-14/h2-5,16,19H,6-13H2,1H3/t16-/m1/s1. The monoisotopic (exact) mass is 308 g/mol.